The summed E-state index contributed by atoms with van der Waals surface area (Å²) in [5.41, 5.74) is 0.936. The molecule has 0 atom stereocenters. The van der Waals surface area contributed by atoms with Gasteiger partial charge in [-0.1, -0.05) is 24.3 Å². The van der Waals surface area contributed by atoms with Crippen LogP contribution in [0.15, 0.2) is 47.3 Å². The van der Waals surface area contributed by atoms with Gasteiger partial charge < -0.3 is 10.1 Å². The van der Waals surface area contributed by atoms with Crippen molar-refractivity contribution in [1.29, 1.82) is 0 Å². The van der Waals surface area contributed by atoms with Crippen LogP contribution in [-0.2, 0) is 6.54 Å². The number of aromatic nitrogens is 2. The Bertz CT molecular complexity index is 805. The van der Waals surface area contributed by atoms with Crippen molar-refractivity contribution in [2.75, 3.05) is 0 Å². The maximum absolute atomic E-state index is 13.6. The van der Waals surface area contributed by atoms with Crippen LogP contribution in [0.5, 0.6) is 5.75 Å². The Labute approximate surface area is 107 Å². The highest BCUT2D eigenvalue weighted by Gasteiger charge is 2.12. The lowest BCUT2D eigenvalue weighted by Crippen LogP contribution is -2.18. The number of hydrogen-bond donors (Lipinski definition) is 2. The molecule has 0 aliphatic rings. The van der Waals surface area contributed by atoms with E-state index in [4.69, 9.17) is 0 Å². The number of rotatable bonds is 2. The maximum Gasteiger partial charge on any atom is 0.326 e. The fourth-order valence-corrected chi connectivity index (χ4v) is 2.15. The number of aromatic hydroxyl groups is 1. The lowest BCUT2D eigenvalue weighted by molar-refractivity contribution is 0.477. The zero-order valence-electron chi connectivity index (χ0n) is 9.93. The highest BCUT2D eigenvalue weighted by Crippen LogP contribution is 2.22. The van der Waals surface area contributed by atoms with Crippen LogP contribution in [0.4, 0.5) is 4.39 Å². The number of H-pyrrole nitrogens is 1. The first-order valence-electron chi connectivity index (χ1n) is 5.81. The second-order valence-electron chi connectivity index (χ2n) is 4.28. The molecule has 0 fully saturated rings. The smallest absolute Gasteiger partial charge is 0.326 e. The lowest BCUT2D eigenvalue weighted by atomic mass is 10.2. The fourth-order valence-electron chi connectivity index (χ4n) is 2.15. The van der Waals surface area contributed by atoms with Gasteiger partial charge in [0.15, 0.2) is 0 Å². The van der Waals surface area contributed by atoms with Crippen LogP contribution in [0.1, 0.15) is 5.56 Å². The molecule has 2 aromatic carbocycles. The average Bonchev–Trinajstić information content (AvgIpc) is 2.70. The van der Waals surface area contributed by atoms with Gasteiger partial charge in [-0.05, 0) is 18.2 Å². The number of aromatic amines is 1. The summed E-state index contributed by atoms with van der Waals surface area (Å²) in [6.07, 6.45) is 0. The number of benzene rings is 2. The van der Waals surface area contributed by atoms with Crippen molar-refractivity contribution in [2.45, 2.75) is 6.54 Å². The van der Waals surface area contributed by atoms with Crippen molar-refractivity contribution in [2.24, 2.45) is 0 Å². The second kappa shape index (κ2) is 4.28. The van der Waals surface area contributed by atoms with E-state index in [0.717, 1.165) is 0 Å². The summed E-state index contributed by atoms with van der Waals surface area (Å²) in [6, 6.07) is 11.1. The largest absolute Gasteiger partial charge is 0.506 e. The number of nitrogens with one attached hydrogen (secondary N) is 1. The summed E-state index contributed by atoms with van der Waals surface area (Å²) in [7, 11) is 0. The summed E-state index contributed by atoms with van der Waals surface area (Å²) in [4.78, 5) is 14.5. The fraction of sp³-hybridized carbons (Fsp3) is 0.0714. The minimum absolute atomic E-state index is 0.00723. The topological polar surface area (TPSA) is 58.0 Å². The number of fused-ring (bicyclic) bond motifs is 1. The zero-order chi connectivity index (χ0) is 13.4. The minimum atomic E-state index is -0.376. The van der Waals surface area contributed by atoms with Crippen LogP contribution in [0.3, 0.4) is 0 Å². The van der Waals surface area contributed by atoms with Crippen molar-refractivity contribution >= 4 is 11.0 Å². The third-order valence-corrected chi connectivity index (χ3v) is 3.06. The molecule has 1 heterocycles. The molecule has 0 saturated carbocycles. The van der Waals surface area contributed by atoms with Crippen LogP contribution in [0.25, 0.3) is 11.0 Å². The summed E-state index contributed by atoms with van der Waals surface area (Å²) >= 11 is 0. The molecule has 0 amide bonds. The summed E-state index contributed by atoms with van der Waals surface area (Å²) in [5, 5.41) is 9.84. The number of phenols is 1. The van der Waals surface area contributed by atoms with Crippen LogP contribution in [0, 0.1) is 5.82 Å². The first-order valence-corrected chi connectivity index (χ1v) is 5.81. The Morgan fingerprint density at radius 1 is 1.16 bits per heavy atom. The Morgan fingerprint density at radius 2 is 1.95 bits per heavy atom. The summed E-state index contributed by atoms with van der Waals surface area (Å²) < 4.78 is 14.9. The molecular formula is C14H11FN2O2. The molecule has 4 nitrogen and oxygen atoms in total. The zero-order valence-corrected chi connectivity index (χ0v) is 9.93. The quantitative estimate of drug-likeness (QED) is 0.740. The van der Waals surface area contributed by atoms with E-state index in [1.54, 1.807) is 30.3 Å². The van der Waals surface area contributed by atoms with Gasteiger partial charge in [0.2, 0.25) is 0 Å². The number of phenolic OH excluding ortho intramolecular Hbond substituents is 1. The predicted molar refractivity (Wildman–Crippen MR) is 69.7 cm³/mol. The molecule has 2 N–H and O–H groups in total. The van der Waals surface area contributed by atoms with Crippen molar-refractivity contribution < 1.29 is 9.50 Å². The maximum atomic E-state index is 13.6. The first-order chi connectivity index (χ1) is 9.16. The average molecular weight is 258 g/mol. The van der Waals surface area contributed by atoms with Gasteiger partial charge in [0.05, 0.1) is 12.1 Å². The van der Waals surface area contributed by atoms with Gasteiger partial charge in [-0.15, -0.1) is 0 Å². The number of nitrogens with zero attached hydrogens (tertiary/aromatic N) is 1. The molecule has 0 aliphatic heterocycles. The number of para-hydroxylation sites is 1. The van der Waals surface area contributed by atoms with Crippen molar-refractivity contribution in [3.8, 4) is 5.75 Å². The molecule has 3 aromatic rings. The Morgan fingerprint density at radius 3 is 2.74 bits per heavy atom. The molecule has 3 rings (SSSR count). The SMILES string of the molecule is O=c1[nH]c2cccc(O)c2n1Cc1ccccc1F. The Kier molecular flexibility index (Phi) is 2.59. The molecule has 0 saturated heterocycles. The molecule has 96 valence electrons. The molecule has 0 radical (unpaired) electrons. The number of hydrogen-bond acceptors (Lipinski definition) is 2. The van der Waals surface area contributed by atoms with Gasteiger partial charge in [-0.25, -0.2) is 9.18 Å². The molecule has 0 spiro atoms. The van der Waals surface area contributed by atoms with E-state index in [2.05, 4.69) is 4.98 Å². The highest BCUT2D eigenvalue weighted by molar-refractivity contribution is 5.81. The van der Waals surface area contributed by atoms with E-state index in [1.807, 2.05) is 0 Å². The minimum Gasteiger partial charge on any atom is -0.506 e. The molecule has 0 aliphatic carbocycles. The third kappa shape index (κ3) is 1.89. The summed E-state index contributed by atoms with van der Waals surface area (Å²) in [6.45, 7) is 0.0725. The molecule has 19 heavy (non-hydrogen) atoms. The van der Waals surface area contributed by atoms with Gasteiger partial charge in [0, 0.05) is 5.56 Å². The lowest BCUT2D eigenvalue weighted by Gasteiger charge is -2.05. The van der Waals surface area contributed by atoms with Crippen molar-refractivity contribution in [3.63, 3.8) is 0 Å². The van der Waals surface area contributed by atoms with Gasteiger partial charge in [0.1, 0.15) is 17.1 Å². The van der Waals surface area contributed by atoms with Gasteiger partial charge >= 0.3 is 5.69 Å². The number of imidazole rings is 1. The monoisotopic (exact) mass is 258 g/mol. The van der Waals surface area contributed by atoms with E-state index in [-0.39, 0.29) is 23.8 Å². The molecule has 0 unspecified atom stereocenters. The van der Waals surface area contributed by atoms with E-state index >= 15 is 0 Å². The highest BCUT2D eigenvalue weighted by atomic mass is 19.1. The summed E-state index contributed by atoms with van der Waals surface area (Å²) in [5.74, 6) is -0.383. The Balaban J connectivity index is 2.19. The van der Waals surface area contributed by atoms with Crippen LogP contribution >= 0.6 is 0 Å². The third-order valence-electron chi connectivity index (χ3n) is 3.06. The number of halogens is 1. The molecule has 1 aromatic heterocycles. The van der Waals surface area contributed by atoms with Crippen LogP contribution in [-0.4, -0.2) is 14.7 Å². The van der Waals surface area contributed by atoms with Crippen LogP contribution < -0.4 is 5.69 Å². The van der Waals surface area contributed by atoms with Gasteiger partial charge in [-0.3, -0.25) is 4.57 Å². The van der Waals surface area contributed by atoms with E-state index < -0.39 is 0 Å². The van der Waals surface area contributed by atoms with Crippen molar-refractivity contribution in [1.82, 2.24) is 9.55 Å². The van der Waals surface area contributed by atoms with Gasteiger partial charge in [-0.2, -0.15) is 0 Å². The Hall–Kier alpha value is -2.56. The standard InChI is InChI=1S/C14H11FN2O2/c15-10-5-2-1-4-9(10)8-17-13-11(16-14(17)19)6-3-7-12(13)18/h1-7,18H,8H2,(H,16,19). The normalized spacial score (nSPS) is 11.0. The van der Waals surface area contributed by atoms with E-state index in [1.165, 1.54) is 16.7 Å². The van der Waals surface area contributed by atoms with Crippen molar-refractivity contribution in [3.05, 3.63) is 64.3 Å². The molecule has 0 bridgehead atoms. The molecular weight excluding hydrogens is 247 g/mol. The van der Waals surface area contributed by atoms with E-state index in [9.17, 15) is 14.3 Å². The van der Waals surface area contributed by atoms with Crippen LogP contribution in [0.2, 0.25) is 0 Å². The predicted octanol–water partition coefficient (Wildman–Crippen LogP) is 2.22. The molecule has 5 heteroatoms. The van der Waals surface area contributed by atoms with E-state index in [0.29, 0.717) is 16.6 Å². The second-order valence-corrected chi connectivity index (χ2v) is 4.28. The van der Waals surface area contributed by atoms with Gasteiger partial charge in [0.25, 0.3) is 0 Å². The first kappa shape index (κ1) is 11.5.